The molecule has 0 bridgehead atoms. The minimum atomic E-state index is -0.964. The third kappa shape index (κ3) is 5.51. The molecule has 0 radical (unpaired) electrons. The Morgan fingerprint density at radius 1 is 1.04 bits per heavy atom. The third-order valence-corrected chi connectivity index (χ3v) is 3.83. The number of amides is 1. The maximum atomic E-state index is 12.4. The third-order valence-electron chi connectivity index (χ3n) is 3.83. The molecule has 2 aromatic rings. The van der Waals surface area contributed by atoms with Gasteiger partial charge in [-0.05, 0) is 61.9 Å². The van der Waals surface area contributed by atoms with E-state index in [4.69, 9.17) is 10.00 Å². The minimum absolute atomic E-state index is 0.0821. The van der Waals surface area contributed by atoms with Crippen molar-refractivity contribution in [2.45, 2.75) is 32.8 Å². The fourth-order valence-corrected chi connectivity index (χ4v) is 2.37. The number of carbonyl (C=O) groups is 3. The highest BCUT2D eigenvalue weighted by Crippen LogP contribution is 2.14. The van der Waals surface area contributed by atoms with Gasteiger partial charge in [-0.2, -0.15) is 5.26 Å². The van der Waals surface area contributed by atoms with Crippen molar-refractivity contribution in [3.8, 4) is 6.07 Å². The second-order valence-electron chi connectivity index (χ2n) is 5.98. The Hall–Kier alpha value is -3.46. The molecule has 0 aliphatic carbocycles. The molecule has 0 heterocycles. The Balaban J connectivity index is 1.98. The molecule has 2 rings (SSSR count). The average Bonchev–Trinajstić information content (AvgIpc) is 2.68. The summed E-state index contributed by atoms with van der Waals surface area (Å²) in [6.45, 7) is 3.42. The van der Waals surface area contributed by atoms with E-state index in [0.29, 0.717) is 23.2 Å². The van der Waals surface area contributed by atoms with E-state index in [-0.39, 0.29) is 17.3 Å². The number of nitriles is 1. The number of benzene rings is 2. The van der Waals surface area contributed by atoms with Crippen LogP contribution in [0, 0.1) is 11.3 Å². The predicted molar refractivity (Wildman–Crippen MR) is 100 cm³/mol. The number of ketones is 1. The van der Waals surface area contributed by atoms with Gasteiger partial charge in [-0.1, -0.05) is 6.92 Å². The first-order valence-electron chi connectivity index (χ1n) is 8.60. The summed E-state index contributed by atoms with van der Waals surface area (Å²) in [7, 11) is 0. The molecule has 6 nitrogen and oxygen atoms in total. The van der Waals surface area contributed by atoms with Crippen molar-refractivity contribution in [2.24, 2.45) is 0 Å². The van der Waals surface area contributed by atoms with Crippen LogP contribution >= 0.6 is 0 Å². The SMILES string of the molecule is CCCC(=O)Nc1ccc(C(=O)C(C)OC(=O)c2ccc(C#N)cc2)cc1. The molecule has 0 aromatic heterocycles. The van der Waals surface area contributed by atoms with E-state index in [1.54, 1.807) is 24.3 Å². The Labute approximate surface area is 157 Å². The smallest absolute Gasteiger partial charge is 0.338 e. The zero-order valence-corrected chi connectivity index (χ0v) is 15.2. The normalized spacial score (nSPS) is 11.1. The molecular formula is C21H20N2O4. The van der Waals surface area contributed by atoms with E-state index < -0.39 is 12.1 Å². The number of hydrogen-bond acceptors (Lipinski definition) is 5. The molecule has 1 N–H and O–H groups in total. The van der Waals surface area contributed by atoms with Crippen LogP contribution in [-0.4, -0.2) is 23.8 Å². The second-order valence-corrected chi connectivity index (χ2v) is 5.98. The van der Waals surface area contributed by atoms with Crippen molar-refractivity contribution in [3.05, 3.63) is 65.2 Å². The van der Waals surface area contributed by atoms with Crippen LogP contribution in [0.15, 0.2) is 48.5 Å². The van der Waals surface area contributed by atoms with Crippen LogP contribution in [0.4, 0.5) is 5.69 Å². The predicted octanol–water partition coefficient (Wildman–Crippen LogP) is 3.73. The van der Waals surface area contributed by atoms with Gasteiger partial charge in [0.05, 0.1) is 17.2 Å². The summed E-state index contributed by atoms with van der Waals surface area (Å²) in [5.74, 6) is -1.06. The van der Waals surface area contributed by atoms with Crippen molar-refractivity contribution in [1.29, 1.82) is 5.26 Å². The van der Waals surface area contributed by atoms with E-state index in [0.717, 1.165) is 6.42 Å². The summed E-state index contributed by atoms with van der Waals surface area (Å²) in [4.78, 5) is 36.1. The van der Waals surface area contributed by atoms with Crippen LogP contribution in [0.25, 0.3) is 0 Å². The summed E-state index contributed by atoms with van der Waals surface area (Å²) < 4.78 is 5.21. The summed E-state index contributed by atoms with van der Waals surface area (Å²) in [6.07, 6.45) is 0.224. The minimum Gasteiger partial charge on any atom is -0.451 e. The van der Waals surface area contributed by atoms with Crippen molar-refractivity contribution in [2.75, 3.05) is 5.32 Å². The highest BCUT2D eigenvalue weighted by atomic mass is 16.5. The van der Waals surface area contributed by atoms with Crippen LogP contribution < -0.4 is 5.32 Å². The molecule has 0 saturated heterocycles. The fraction of sp³-hybridized carbons (Fsp3) is 0.238. The summed E-state index contributed by atoms with van der Waals surface area (Å²) >= 11 is 0. The molecule has 1 atom stereocenters. The zero-order chi connectivity index (χ0) is 19.8. The lowest BCUT2D eigenvalue weighted by Gasteiger charge is -2.13. The van der Waals surface area contributed by atoms with Gasteiger partial charge in [-0.3, -0.25) is 9.59 Å². The molecule has 1 amide bonds. The largest absolute Gasteiger partial charge is 0.451 e. The van der Waals surface area contributed by atoms with Crippen LogP contribution in [-0.2, 0) is 9.53 Å². The molecule has 0 spiro atoms. The van der Waals surface area contributed by atoms with Gasteiger partial charge in [-0.15, -0.1) is 0 Å². The molecule has 0 aliphatic heterocycles. The number of Topliss-reactive ketones (excluding diaryl/α,β-unsaturated/α-hetero) is 1. The lowest BCUT2D eigenvalue weighted by molar-refractivity contribution is -0.116. The van der Waals surface area contributed by atoms with Gasteiger partial charge >= 0.3 is 5.97 Å². The van der Waals surface area contributed by atoms with E-state index in [2.05, 4.69) is 5.32 Å². The van der Waals surface area contributed by atoms with Crippen molar-refractivity contribution in [3.63, 3.8) is 0 Å². The molecular weight excluding hydrogens is 344 g/mol. The van der Waals surface area contributed by atoms with Crippen LogP contribution in [0.3, 0.4) is 0 Å². The van der Waals surface area contributed by atoms with E-state index in [9.17, 15) is 14.4 Å². The second kappa shape index (κ2) is 9.30. The maximum absolute atomic E-state index is 12.4. The summed E-state index contributed by atoms with van der Waals surface area (Å²) in [5.41, 5.74) is 1.68. The quantitative estimate of drug-likeness (QED) is 0.596. The van der Waals surface area contributed by atoms with Crippen LogP contribution in [0.2, 0.25) is 0 Å². The lowest BCUT2D eigenvalue weighted by atomic mass is 10.1. The molecule has 138 valence electrons. The monoisotopic (exact) mass is 364 g/mol. The topological polar surface area (TPSA) is 96.3 Å². The van der Waals surface area contributed by atoms with Gasteiger partial charge in [0, 0.05) is 17.7 Å². The number of rotatable bonds is 7. The summed E-state index contributed by atoms with van der Waals surface area (Å²) in [5, 5.41) is 11.5. The van der Waals surface area contributed by atoms with E-state index >= 15 is 0 Å². The highest BCUT2D eigenvalue weighted by molar-refractivity contribution is 6.02. The average molecular weight is 364 g/mol. The van der Waals surface area contributed by atoms with Gasteiger partial charge in [0.15, 0.2) is 6.10 Å². The van der Waals surface area contributed by atoms with Gasteiger partial charge in [-0.25, -0.2) is 4.79 Å². The molecule has 0 fully saturated rings. The fourth-order valence-electron chi connectivity index (χ4n) is 2.37. The number of nitrogens with zero attached hydrogens (tertiary/aromatic N) is 1. The van der Waals surface area contributed by atoms with Crippen molar-refractivity contribution >= 4 is 23.3 Å². The molecule has 0 saturated carbocycles. The maximum Gasteiger partial charge on any atom is 0.338 e. The standard InChI is InChI=1S/C21H20N2O4/c1-3-4-19(24)23-18-11-9-16(10-12-18)20(25)14(2)27-21(26)17-7-5-15(13-22)6-8-17/h5-12,14H,3-4H2,1-2H3,(H,23,24). The Morgan fingerprint density at radius 2 is 1.63 bits per heavy atom. The molecule has 27 heavy (non-hydrogen) atoms. The number of nitrogens with one attached hydrogen (secondary N) is 1. The van der Waals surface area contributed by atoms with Gasteiger partial charge in [0.25, 0.3) is 0 Å². The lowest BCUT2D eigenvalue weighted by Crippen LogP contribution is -2.24. The zero-order valence-electron chi connectivity index (χ0n) is 15.2. The number of hydrogen-bond donors (Lipinski definition) is 1. The Kier molecular flexibility index (Phi) is 6.84. The van der Waals surface area contributed by atoms with Crippen LogP contribution in [0.1, 0.15) is 53.0 Å². The Bertz CT molecular complexity index is 865. The van der Waals surface area contributed by atoms with E-state index in [1.165, 1.54) is 31.2 Å². The van der Waals surface area contributed by atoms with Gasteiger partial charge < -0.3 is 10.1 Å². The number of anilines is 1. The molecule has 1 unspecified atom stereocenters. The van der Waals surface area contributed by atoms with Gasteiger partial charge in [0.2, 0.25) is 11.7 Å². The Morgan fingerprint density at radius 3 is 2.19 bits per heavy atom. The highest BCUT2D eigenvalue weighted by Gasteiger charge is 2.20. The first-order chi connectivity index (χ1) is 12.9. The van der Waals surface area contributed by atoms with Gasteiger partial charge in [0.1, 0.15) is 0 Å². The number of ether oxygens (including phenoxy) is 1. The molecule has 2 aromatic carbocycles. The number of carbonyl (C=O) groups excluding carboxylic acids is 3. The molecule has 6 heteroatoms. The summed E-state index contributed by atoms with van der Waals surface area (Å²) in [6, 6.07) is 14.4. The van der Waals surface area contributed by atoms with Crippen molar-refractivity contribution in [1.82, 2.24) is 0 Å². The van der Waals surface area contributed by atoms with Crippen molar-refractivity contribution < 1.29 is 19.1 Å². The first-order valence-corrected chi connectivity index (χ1v) is 8.60. The number of esters is 1. The molecule has 0 aliphatic rings. The first kappa shape index (κ1) is 19.9. The van der Waals surface area contributed by atoms with Crippen LogP contribution in [0.5, 0.6) is 0 Å². The van der Waals surface area contributed by atoms with E-state index in [1.807, 2.05) is 13.0 Å².